The molecule has 2 N–H and O–H groups in total. The molecule has 0 bridgehead atoms. The summed E-state index contributed by atoms with van der Waals surface area (Å²) in [6.07, 6.45) is 0. The predicted octanol–water partition coefficient (Wildman–Crippen LogP) is 1.61. The van der Waals surface area contributed by atoms with Gasteiger partial charge in [0.1, 0.15) is 11.5 Å². The number of carbonyl (C=O) groups is 1. The molecule has 0 aliphatic carbocycles. The fourth-order valence-corrected chi connectivity index (χ4v) is 1.47. The summed E-state index contributed by atoms with van der Waals surface area (Å²) in [6, 6.07) is 7.22. The Labute approximate surface area is 126 Å². The Balaban J connectivity index is 0.00000361. The molecule has 1 aromatic carbocycles. The normalized spacial score (nSPS) is 9.50. The third-order valence-corrected chi connectivity index (χ3v) is 2.38. The van der Waals surface area contributed by atoms with Crippen LogP contribution >= 0.6 is 12.4 Å². The van der Waals surface area contributed by atoms with Crippen molar-refractivity contribution in [1.29, 1.82) is 0 Å². The molecule has 0 aliphatic heterocycles. The minimum atomic E-state index is -0.119. The molecule has 0 fully saturated rings. The van der Waals surface area contributed by atoms with Crippen LogP contribution in [0.2, 0.25) is 0 Å². The molecule has 0 aliphatic rings. The fraction of sp³-hybridized carbons (Fsp3) is 0.500. The second-order valence-electron chi connectivity index (χ2n) is 3.90. The fourth-order valence-electron chi connectivity index (χ4n) is 1.47. The first-order valence-corrected chi connectivity index (χ1v) is 6.59. The molecule has 0 atom stereocenters. The maximum absolute atomic E-state index is 11.5. The van der Waals surface area contributed by atoms with Gasteiger partial charge in [-0.1, -0.05) is 6.92 Å². The maximum atomic E-state index is 11.5. The van der Waals surface area contributed by atoms with Crippen LogP contribution in [0.3, 0.4) is 0 Å². The predicted molar refractivity (Wildman–Crippen MR) is 81.9 cm³/mol. The molecule has 0 saturated heterocycles. The molecule has 1 rings (SSSR count). The molecule has 0 spiro atoms. The van der Waals surface area contributed by atoms with Crippen LogP contribution in [0.4, 0.5) is 0 Å². The Kier molecular flexibility index (Phi) is 10.5. The minimum Gasteiger partial charge on any atom is -0.494 e. The average molecular weight is 303 g/mol. The van der Waals surface area contributed by atoms with E-state index in [9.17, 15) is 4.79 Å². The van der Waals surface area contributed by atoms with Crippen LogP contribution in [0.1, 0.15) is 13.8 Å². The zero-order valence-electron chi connectivity index (χ0n) is 12.0. The van der Waals surface area contributed by atoms with Gasteiger partial charge in [0.15, 0.2) is 6.61 Å². The standard InChI is InChI=1S/C14H22N2O3.ClH/c1-3-15-9-10-16-14(17)11-19-13-7-5-12(6-8-13)18-4-2;/h5-8,15H,3-4,9-11H2,1-2H3,(H,16,17);1H. The van der Waals surface area contributed by atoms with Gasteiger partial charge in [-0.25, -0.2) is 0 Å². The van der Waals surface area contributed by atoms with Gasteiger partial charge in [0, 0.05) is 13.1 Å². The number of benzene rings is 1. The lowest BCUT2D eigenvalue weighted by Gasteiger charge is -2.08. The third-order valence-electron chi connectivity index (χ3n) is 2.38. The molecule has 1 amide bonds. The van der Waals surface area contributed by atoms with Gasteiger partial charge in [-0.15, -0.1) is 12.4 Å². The summed E-state index contributed by atoms with van der Waals surface area (Å²) in [5.74, 6) is 1.34. The molecule has 0 unspecified atom stereocenters. The van der Waals surface area contributed by atoms with E-state index in [1.807, 2.05) is 26.0 Å². The number of hydrogen-bond acceptors (Lipinski definition) is 4. The quantitative estimate of drug-likeness (QED) is 0.681. The number of ether oxygens (including phenoxy) is 2. The summed E-state index contributed by atoms with van der Waals surface area (Å²) in [6.45, 7) is 6.90. The van der Waals surface area contributed by atoms with Gasteiger partial charge >= 0.3 is 0 Å². The average Bonchev–Trinajstić information content (AvgIpc) is 2.43. The van der Waals surface area contributed by atoms with E-state index in [1.165, 1.54) is 0 Å². The first-order valence-electron chi connectivity index (χ1n) is 6.59. The Morgan fingerprint density at radius 1 is 1.05 bits per heavy atom. The molecule has 0 aromatic heterocycles. The molecule has 0 radical (unpaired) electrons. The lowest BCUT2D eigenvalue weighted by molar-refractivity contribution is -0.123. The van der Waals surface area contributed by atoms with Crippen LogP contribution in [0.5, 0.6) is 11.5 Å². The van der Waals surface area contributed by atoms with E-state index >= 15 is 0 Å². The second-order valence-corrected chi connectivity index (χ2v) is 3.90. The molecular formula is C14H23ClN2O3. The highest BCUT2D eigenvalue weighted by Gasteiger charge is 2.02. The zero-order valence-corrected chi connectivity index (χ0v) is 12.8. The van der Waals surface area contributed by atoms with Crippen LogP contribution in [-0.2, 0) is 4.79 Å². The van der Waals surface area contributed by atoms with E-state index < -0.39 is 0 Å². The van der Waals surface area contributed by atoms with Crippen molar-refractivity contribution < 1.29 is 14.3 Å². The van der Waals surface area contributed by atoms with Gasteiger partial charge in [-0.3, -0.25) is 4.79 Å². The number of nitrogens with one attached hydrogen (secondary N) is 2. The second kappa shape index (κ2) is 11.4. The molecular weight excluding hydrogens is 280 g/mol. The number of carbonyl (C=O) groups excluding carboxylic acids is 1. The molecule has 5 nitrogen and oxygen atoms in total. The summed E-state index contributed by atoms with van der Waals surface area (Å²) >= 11 is 0. The van der Waals surface area contributed by atoms with Crippen molar-refractivity contribution >= 4 is 18.3 Å². The van der Waals surface area contributed by atoms with E-state index in [0.717, 1.165) is 18.8 Å². The maximum Gasteiger partial charge on any atom is 0.257 e. The van der Waals surface area contributed by atoms with Crippen LogP contribution in [0.15, 0.2) is 24.3 Å². The first kappa shape index (κ1) is 18.5. The third kappa shape index (κ3) is 7.86. The Bertz CT molecular complexity index is 371. The number of amides is 1. The molecule has 6 heteroatoms. The lowest BCUT2D eigenvalue weighted by Crippen LogP contribution is -2.34. The summed E-state index contributed by atoms with van der Waals surface area (Å²) in [5.41, 5.74) is 0. The van der Waals surface area contributed by atoms with Crippen molar-refractivity contribution in [1.82, 2.24) is 10.6 Å². The molecule has 20 heavy (non-hydrogen) atoms. The summed E-state index contributed by atoms with van der Waals surface area (Å²) in [7, 11) is 0. The monoisotopic (exact) mass is 302 g/mol. The van der Waals surface area contributed by atoms with Crippen molar-refractivity contribution in [3.8, 4) is 11.5 Å². The Morgan fingerprint density at radius 3 is 2.20 bits per heavy atom. The van der Waals surface area contributed by atoms with Gasteiger partial charge in [0.25, 0.3) is 5.91 Å². The van der Waals surface area contributed by atoms with Gasteiger partial charge in [-0.2, -0.15) is 0 Å². The zero-order chi connectivity index (χ0) is 13.9. The molecule has 114 valence electrons. The van der Waals surface area contributed by atoms with Crippen molar-refractivity contribution in [2.75, 3.05) is 32.8 Å². The first-order chi connectivity index (χ1) is 9.26. The van der Waals surface area contributed by atoms with E-state index in [1.54, 1.807) is 12.1 Å². The van der Waals surface area contributed by atoms with E-state index in [4.69, 9.17) is 9.47 Å². The van der Waals surface area contributed by atoms with Crippen molar-refractivity contribution in [2.24, 2.45) is 0 Å². The van der Waals surface area contributed by atoms with E-state index in [2.05, 4.69) is 10.6 Å². The highest BCUT2D eigenvalue weighted by atomic mass is 35.5. The van der Waals surface area contributed by atoms with E-state index in [0.29, 0.717) is 18.9 Å². The highest BCUT2D eigenvalue weighted by molar-refractivity contribution is 5.85. The number of hydrogen-bond donors (Lipinski definition) is 2. The Hall–Kier alpha value is -1.46. The highest BCUT2D eigenvalue weighted by Crippen LogP contribution is 2.17. The Morgan fingerprint density at radius 2 is 1.65 bits per heavy atom. The van der Waals surface area contributed by atoms with Crippen LogP contribution in [0, 0.1) is 0 Å². The van der Waals surface area contributed by atoms with E-state index in [-0.39, 0.29) is 24.9 Å². The summed E-state index contributed by atoms with van der Waals surface area (Å²) in [4.78, 5) is 11.5. The van der Waals surface area contributed by atoms with Gasteiger partial charge in [-0.05, 0) is 37.7 Å². The van der Waals surface area contributed by atoms with Crippen molar-refractivity contribution in [3.05, 3.63) is 24.3 Å². The SMILES string of the molecule is CCNCCNC(=O)COc1ccc(OCC)cc1.Cl. The molecule has 1 aromatic rings. The minimum absolute atomic E-state index is 0. The number of rotatable bonds is 9. The summed E-state index contributed by atoms with van der Waals surface area (Å²) in [5, 5.41) is 5.89. The summed E-state index contributed by atoms with van der Waals surface area (Å²) < 4.78 is 10.7. The molecule has 0 saturated carbocycles. The van der Waals surface area contributed by atoms with Crippen molar-refractivity contribution in [3.63, 3.8) is 0 Å². The topological polar surface area (TPSA) is 59.6 Å². The lowest BCUT2D eigenvalue weighted by atomic mass is 10.3. The smallest absolute Gasteiger partial charge is 0.257 e. The van der Waals surface area contributed by atoms with Crippen LogP contribution in [-0.4, -0.2) is 38.8 Å². The van der Waals surface area contributed by atoms with Crippen LogP contribution in [0.25, 0.3) is 0 Å². The van der Waals surface area contributed by atoms with Gasteiger partial charge in [0.2, 0.25) is 0 Å². The number of likely N-dealkylation sites (N-methyl/N-ethyl adjacent to an activating group) is 1. The van der Waals surface area contributed by atoms with Gasteiger partial charge < -0.3 is 20.1 Å². The number of halogens is 1. The van der Waals surface area contributed by atoms with Gasteiger partial charge in [0.05, 0.1) is 6.61 Å². The molecule has 0 heterocycles. The van der Waals surface area contributed by atoms with Crippen molar-refractivity contribution in [2.45, 2.75) is 13.8 Å². The largest absolute Gasteiger partial charge is 0.494 e. The van der Waals surface area contributed by atoms with Crippen LogP contribution < -0.4 is 20.1 Å².